The number of halogens is 1. The van der Waals surface area contributed by atoms with E-state index in [2.05, 4.69) is 5.32 Å². The summed E-state index contributed by atoms with van der Waals surface area (Å²) in [5.41, 5.74) is 1.75. The van der Waals surface area contributed by atoms with Crippen molar-refractivity contribution in [2.24, 2.45) is 0 Å². The number of rotatable bonds is 4. The number of phenols is 1. The molecule has 1 unspecified atom stereocenters. The summed E-state index contributed by atoms with van der Waals surface area (Å²) in [5.74, 6) is -1.32. The number of phenolic OH excluding ortho intramolecular Hbond substituents is 1. The zero-order valence-corrected chi connectivity index (χ0v) is 11.8. The molecule has 1 atom stereocenters. The van der Waals surface area contributed by atoms with Crippen LogP contribution in [0.15, 0.2) is 42.5 Å². The Morgan fingerprint density at radius 2 is 2.00 bits per heavy atom. The number of aryl methyl sites for hydroxylation is 1. The molecule has 0 spiro atoms. The van der Waals surface area contributed by atoms with Crippen LogP contribution < -0.4 is 5.32 Å². The lowest BCUT2D eigenvalue weighted by Gasteiger charge is -2.20. The standard InChI is InChI=1S/C16H16FNO3/c1-10-5-3-4-6-13(10)18-15(16(20)21-2)12-9-11(17)7-8-14(12)19/h3-9,15,18-19H,1-2H3. The van der Waals surface area contributed by atoms with Crippen LogP contribution in [-0.2, 0) is 9.53 Å². The molecule has 0 fully saturated rings. The molecule has 0 aliphatic heterocycles. The normalized spacial score (nSPS) is 11.8. The molecule has 0 radical (unpaired) electrons. The van der Waals surface area contributed by atoms with E-state index >= 15 is 0 Å². The van der Waals surface area contributed by atoms with Gasteiger partial charge in [0.2, 0.25) is 0 Å². The second kappa shape index (κ2) is 6.26. The van der Waals surface area contributed by atoms with Crippen LogP contribution in [0.5, 0.6) is 5.75 Å². The summed E-state index contributed by atoms with van der Waals surface area (Å²) < 4.78 is 18.1. The first-order chi connectivity index (χ1) is 10.0. The van der Waals surface area contributed by atoms with Gasteiger partial charge in [0.1, 0.15) is 11.6 Å². The van der Waals surface area contributed by atoms with Crippen molar-refractivity contribution in [3.63, 3.8) is 0 Å². The Morgan fingerprint density at radius 1 is 1.29 bits per heavy atom. The second-order valence-electron chi connectivity index (χ2n) is 4.62. The molecule has 5 heteroatoms. The van der Waals surface area contributed by atoms with Crippen LogP contribution in [0.25, 0.3) is 0 Å². The summed E-state index contributed by atoms with van der Waals surface area (Å²) in [5, 5.41) is 12.9. The van der Waals surface area contributed by atoms with Gasteiger partial charge in [-0.05, 0) is 36.8 Å². The summed E-state index contributed by atoms with van der Waals surface area (Å²) in [6.45, 7) is 1.88. The molecule has 0 bridgehead atoms. The maximum Gasteiger partial charge on any atom is 0.333 e. The minimum Gasteiger partial charge on any atom is -0.508 e. The van der Waals surface area contributed by atoms with Gasteiger partial charge in [-0.15, -0.1) is 0 Å². The molecule has 110 valence electrons. The van der Waals surface area contributed by atoms with Crippen LogP contribution in [0, 0.1) is 12.7 Å². The van der Waals surface area contributed by atoms with Gasteiger partial charge in [0.05, 0.1) is 7.11 Å². The van der Waals surface area contributed by atoms with Gasteiger partial charge in [-0.2, -0.15) is 0 Å². The topological polar surface area (TPSA) is 58.6 Å². The maximum absolute atomic E-state index is 13.4. The summed E-state index contributed by atoms with van der Waals surface area (Å²) in [6, 6.07) is 9.81. The van der Waals surface area contributed by atoms with Gasteiger partial charge in [0.25, 0.3) is 0 Å². The molecule has 0 saturated carbocycles. The number of aromatic hydroxyl groups is 1. The fourth-order valence-electron chi connectivity index (χ4n) is 2.03. The third-order valence-corrected chi connectivity index (χ3v) is 3.18. The number of hydrogen-bond donors (Lipinski definition) is 2. The van der Waals surface area contributed by atoms with Crippen LogP contribution in [0.4, 0.5) is 10.1 Å². The number of esters is 1. The van der Waals surface area contributed by atoms with Crippen molar-refractivity contribution in [2.75, 3.05) is 12.4 Å². The summed E-state index contributed by atoms with van der Waals surface area (Å²) in [4.78, 5) is 12.0. The Morgan fingerprint density at radius 3 is 2.67 bits per heavy atom. The Hall–Kier alpha value is -2.56. The highest BCUT2D eigenvalue weighted by atomic mass is 19.1. The molecule has 2 aromatic carbocycles. The van der Waals surface area contributed by atoms with E-state index in [1.54, 1.807) is 6.07 Å². The molecular weight excluding hydrogens is 273 g/mol. The van der Waals surface area contributed by atoms with Crippen LogP contribution in [0.1, 0.15) is 17.2 Å². The molecule has 2 aromatic rings. The van der Waals surface area contributed by atoms with E-state index in [-0.39, 0.29) is 11.3 Å². The molecule has 2 N–H and O–H groups in total. The van der Waals surface area contributed by atoms with Gasteiger partial charge in [-0.1, -0.05) is 18.2 Å². The maximum atomic E-state index is 13.4. The molecule has 0 aromatic heterocycles. The van der Waals surface area contributed by atoms with Crippen molar-refractivity contribution in [3.8, 4) is 5.75 Å². The molecular formula is C16H16FNO3. The van der Waals surface area contributed by atoms with E-state index in [0.717, 1.165) is 17.7 Å². The predicted molar refractivity (Wildman–Crippen MR) is 77.6 cm³/mol. The average Bonchev–Trinajstić information content (AvgIpc) is 2.48. The van der Waals surface area contributed by atoms with E-state index in [4.69, 9.17) is 4.74 Å². The minimum atomic E-state index is -0.994. The van der Waals surface area contributed by atoms with E-state index in [0.29, 0.717) is 5.69 Å². The van der Waals surface area contributed by atoms with Gasteiger partial charge in [-0.3, -0.25) is 0 Å². The average molecular weight is 289 g/mol. The van der Waals surface area contributed by atoms with Crippen molar-refractivity contribution in [1.82, 2.24) is 0 Å². The van der Waals surface area contributed by atoms with E-state index < -0.39 is 17.8 Å². The monoisotopic (exact) mass is 289 g/mol. The lowest BCUT2D eigenvalue weighted by Crippen LogP contribution is -2.23. The first-order valence-corrected chi connectivity index (χ1v) is 6.41. The Labute approximate surface area is 122 Å². The van der Waals surface area contributed by atoms with Gasteiger partial charge in [-0.25, -0.2) is 9.18 Å². The quantitative estimate of drug-likeness (QED) is 0.849. The molecule has 4 nitrogen and oxygen atoms in total. The van der Waals surface area contributed by atoms with Gasteiger partial charge in [0.15, 0.2) is 6.04 Å². The summed E-state index contributed by atoms with van der Waals surface area (Å²) in [7, 11) is 1.24. The molecule has 0 saturated heterocycles. The molecule has 0 aliphatic carbocycles. The Kier molecular flexibility index (Phi) is 4.42. The number of nitrogens with one attached hydrogen (secondary N) is 1. The highest BCUT2D eigenvalue weighted by Crippen LogP contribution is 2.29. The molecule has 0 amide bonds. The number of methoxy groups -OCH3 is 1. The number of anilines is 1. The van der Waals surface area contributed by atoms with Crippen LogP contribution in [-0.4, -0.2) is 18.2 Å². The number of benzene rings is 2. The smallest absolute Gasteiger partial charge is 0.333 e. The molecule has 0 aliphatic rings. The summed E-state index contributed by atoms with van der Waals surface area (Å²) in [6.07, 6.45) is 0. The zero-order valence-electron chi connectivity index (χ0n) is 11.8. The number of para-hydroxylation sites is 1. The zero-order chi connectivity index (χ0) is 15.4. The molecule has 2 rings (SSSR count). The Bertz CT molecular complexity index is 658. The van der Waals surface area contributed by atoms with Crippen molar-refractivity contribution in [1.29, 1.82) is 0 Å². The molecule has 21 heavy (non-hydrogen) atoms. The highest BCUT2D eigenvalue weighted by Gasteiger charge is 2.25. The number of carbonyl (C=O) groups excluding carboxylic acids is 1. The minimum absolute atomic E-state index is 0.130. The van der Waals surface area contributed by atoms with Crippen LogP contribution >= 0.6 is 0 Å². The lowest BCUT2D eigenvalue weighted by atomic mass is 10.0. The third-order valence-electron chi connectivity index (χ3n) is 3.18. The largest absolute Gasteiger partial charge is 0.508 e. The van der Waals surface area contributed by atoms with Gasteiger partial charge < -0.3 is 15.2 Å². The number of carbonyl (C=O) groups is 1. The van der Waals surface area contributed by atoms with E-state index in [1.807, 2.05) is 25.1 Å². The first-order valence-electron chi connectivity index (χ1n) is 6.41. The fourth-order valence-corrected chi connectivity index (χ4v) is 2.03. The van der Waals surface area contributed by atoms with Crippen molar-refractivity contribution in [3.05, 3.63) is 59.4 Å². The first kappa shape index (κ1) is 14.8. The number of hydrogen-bond acceptors (Lipinski definition) is 4. The van der Waals surface area contributed by atoms with Gasteiger partial charge in [0, 0.05) is 11.3 Å². The van der Waals surface area contributed by atoms with E-state index in [9.17, 15) is 14.3 Å². The van der Waals surface area contributed by atoms with Crippen molar-refractivity contribution >= 4 is 11.7 Å². The van der Waals surface area contributed by atoms with Gasteiger partial charge >= 0.3 is 5.97 Å². The second-order valence-corrected chi connectivity index (χ2v) is 4.62. The number of ether oxygens (including phenoxy) is 1. The van der Waals surface area contributed by atoms with Crippen molar-refractivity contribution < 1.29 is 19.0 Å². The molecule has 0 heterocycles. The van der Waals surface area contributed by atoms with Crippen molar-refractivity contribution in [2.45, 2.75) is 13.0 Å². The Balaban J connectivity index is 2.42. The fraction of sp³-hybridized carbons (Fsp3) is 0.188. The third kappa shape index (κ3) is 3.31. The summed E-state index contributed by atoms with van der Waals surface area (Å²) >= 11 is 0. The van der Waals surface area contributed by atoms with Crippen LogP contribution in [0.2, 0.25) is 0 Å². The van der Waals surface area contributed by atoms with E-state index in [1.165, 1.54) is 13.2 Å². The van der Waals surface area contributed by atoms with Crippen LogP contribution in [0.3, 0.4) is 0 Å². The lowest BCUT2D eigenvalue weighted by molar-refractivity contribution is -0.141. The SMILES string of the molecule is COC(=O)C(Nc1ccccc1C)c1cc(F)ccc1O. The predicted octanol–water partition coefficient (Wildman–Crippen LogP) is 3.17. The highest BCUT2D eigenvalue weighted by molar-refractivity contribution is 5.82.